The molecular formula is C22H28N6O4. The molecule has 0 saturated carbocycles. The maximum Gasteiger partial charge on any atom is 0.338 e. The van der Waals surface area contributed by atoms with Crippen LogP contribution in [-0.2, 0) is 9.47 Å². The van der Waals surface area contributed by atoms with Crippen LogP contribution in [0.4, 0.5) is 11.4 Å². The van der Waals surface area contributed by atoms with E-state index in [1.165, 1.54) is 0 Å². The number of benzene rings is 2. The van der Waals surface area contributed by atoms with E-state index in [1.807, 2.05) is 0 Å². The highest BCUT2D eigenvalue weighted by atomic mass is 16.5. The number of hydrogen-bond acceptors (Lipinski definition) is 8. The normalized spacial score (nSPS) is 11.0. The van der Waals surface area contributed by atoms with Gasteiger partial charge in [0, 0.05) is 14.1 Å². The van der Waals surface area contributed by atoms with Crippen molar-refractivity contribution in [3.8, 4) is 0 Å². The number of rotatable bonds is 11. The summed E-state index contributed by atoms with van der Waals surface area (Å²) in [5, 5.41) is 19.9. The van der Waals surface area contributed by atoms with Gasteiger partial charge in [-0.25, -0.2) is 9.59 Å². The number of esters is 2. The number of hydrogen-bond donors (Lipinski definition) is 0. The second-order valence-corrected chi connectivity index (χ2v) is 6.68. The molecule has 0 N–H and O–H groups in total. The van der Waals surface area contributed by atoms with E-state index in [-0.39, 0.29) is 11.9 Å². The minimum atomic E-state index is -0.361. The largest absolute Gasteiger partial charge is 0.462 e. The minimum Gasteiger partial charge on any atom is -0.462 e. The van der Waals surface area contributed by atoms with Gasteiger partial charge in [-0.05, 0) is 62.4 Å². The molecule has 0 saturated heterocycles. The molecule has 0 bridgehead atoms. The molecule has 0 fully saturated rings. The molecule has 0 aromatic heterocycles. The van der Waals surface area contributed by atoms with Crippen LogP contribution >= 0.6 is 0 Å². The lowest BCUT2D eigenvalue weighted by Gasteiger charge is -2.15. The Morgan fingerprint density at radius 3 is 1.34 bits per heavy atom. The zero-order chi connectivity index (χ0) is 23.3. The SMILES string of the molecule is CCOC(=O)c1ccc(N=NN(C)CCN(C)/N=N/c2ccc(C(=O)OCC)cc2)cc1. The van der Waals surface area contributed by atoms with Gasteiger partial charge in [-0.1, -0.05) is 10.4 Å². The first kappa shape index (κ1) is 24.4. The molecule has 170 valence electrons. The maximum absolute atomic E-state index is 11.7. The Labute approximate surface area is 187 Å². The molecule has 2 aromatic carbocycles. The molecule has 10 nitrogen and oxygen atoms in total. The van der Waals surface area contributed by atoms with Crippen LogP contribution in [0.25, 0.3) is 0 Å². The molecule has 0 amide bonds. The van der Waals surface area contributed by atoms with Crippen LogP contribution in [0.3, 0.4) is 0 Å². The third-order valence-corrected chi connectivity index (χ3v) is 4.13. The van der Waals surface area contributed by atoms with E-state index in [9.17, 15) is 9.59 Å². The number of ether oxygens (including phenoxy) is 2. The molecule has 0 aliphatic carbocycles. The lowest BCUT2D eigenvalue weighted by molar-refractivity contribution is 0.0517. The summed E-state index contributed by atoms with van der Waals surface area (Å²) in [4.78, 5) is 23.3. The first-order chi connectivity index (χ1) is 15.4. The third kappa shape index (κ3) is 8.13. The van der Waals surface area contributed by atoms with Gasteiger partial charge in [0.15, 0.2) is 0 Å². The van der Waals surface area contributed by atoms with Gasteiger partial charge in [0.1, 0.15) is 0 Å². The molecule has 0 unspecified atom stereocenters. The monoisotopic (exact) mass is 440 g/mol. The molecular weight excluding hydrogens is 412 g/mol. The van der Waals surface area contributed by atoms with Crippen molar-refractivity contribution >= 4 is 23.3 Å². The van der Waals surface area contributed by atoms with Crippen molar-refractivity contribution in [3.05, 3.63) is 59.7 Å². The van der Waals surface area contributed by atoms with Gasteiger partial charge in [0.05, 0.1) is 48.8 Å². The van der Waals surface area contributed by atoms with Gasteiger partial charge >= 0.3 is 11.9 Å². The predicted octanol–water partition coefficient (Wildman–Crippen LogP) is 4.60. The molecule has 0 heterocycles. The van der Waals surface area contributed by atoms with Crippen molar-refractivity contribution in [2.45, 2.75) is 13.8 Å². The summed E-state index contributed by atoms with van der Waals surface area (Å²) in [6, 6.07) is 13.4. The van der Waals surface area contributed by atoms with Crippen molar-refractivity contribution in [2.75, 3.05) is 40.4 Å². The van der Waals surface area contributed by atoms with Crippen LogP contribution in [0.2, 0.25) is 0 Å². The number of carbonyl (C=O) groups excluding carboxylic acids is 2. The number of likely N-dealkylation sites (N-methyl/N-ethyl adjacent to an activating group) is 2. The van der Waals surface area contributed by atoms with Crippen LogP contribution in [0.5, 0.6) is 0 Å². The highest BCUT2D eigenvalue weighted by Gasteiger charge is 2.06. The van der Waals surface area contributed by atoms with Gasteiger partial charge in [-0.15, -0.1) is 10.2 Å². The van der Waals surface area contributed by atoms with E-state index in [0.717, 1.165) is 0 Å². The van der Waals surface area contributed by atoms with E-state index >= 15 is 0 Å². The molecule has 32 heavy (non-hydrogen) atoms. The average molecular weight is 441 g/mol. The standard InChI is InChI=1S/C22H28N6O4/c1-5-31-21(29)17-7-11-19(12-8-17)23-25-27(3)15-16-28(4)26-24-20-13-9-18(10-14-20)22(30)32-6-2/h7-14H,5-6,15-16H2,1-4H3/b25-23+,26-24?. The highest BCUT2D eigenvalue weighted by molar-refractivity contribution is 5.90. The highest BCUT2D eigenvalue weighted by Crippen LogP contribution is 2.16. The van der Waals surface area contributed by atoms with E-state index in [2.05, 4.69) is 20.7 Å². The fraction of sp³-hybridized carbons (Fsp3) is 0.364. The second-order valence-electron chi connectivity index (χ2n) is 6.68. The van der Waals surface area contributed by atoms with Crippen molar-refractivity contribution in [1.82, 2.24) is 10.0 Å². The Hall–Kier alpha value is -3.82. The van der Waals surface area contributed by atoms with Crippen molar-refractivity contribution in [1.29, 1.82) is 0 Å². The Bertz CT molecular complexity index is 851. The van der Waals surface area contributed by atoms with Crippen molar-refractivity contribution < 1.29 is 19.1 Å². The van der Waals surface area contributed by atoms with Crippen LogP contribution in [-0.4, -0.2) is 62.4 Å². The summed E-state index contributed by atoms with van der Waals surface area (Å²) in [7, 11) is 3.60. The summed E-state index contributed by atoms with van der Waals surface area (Å²) in [5.41, 5.74) is 2.21. The molecule has 0 atom stereocenters. The number of nitrogens with zero attached hydrogens (tertiary/aromatic N) is 6. The van der Waals surface area contributed by atoms with Gasteiger partial charge in [0.25, 0.3) is 0 Å². The third-order valence-electron chi connectivity index (χ3n) is 4.13. The smallest absolute Gasteiger partial charge is 0.338 e. The molecule has 0 radical (unpaired) electrons. The zero-order valence-electron chi connectivity index (χ0n) is 18.8. The Morgan fingerprint density at radius 1 is 0.688 bits per heavy atom. The zero-order valence-corrected chi connectivity index (χ0v) is 18.8. The Kier molecular flexibility index (Phi) is 9.76. The lowest BCUT2D eigenvalue weighted by atomic mass is 10.2. The molecule has 0 aliphatic rings. The van der Waals surface area contributed by atoms with Crippen molar-refractivity contribution in [2.24, 2.45) is 20.7 Å². The van der Waals surface area contributed by atoms with E-state index < -0.39 is 0 Å². The summed E-state index contributed by atoms with van der Waals surface area (Å²) < 4.78 is 9.90. The van der Waals surface area contributed by atoms with Crippen LogP contribution in [0.1, 0.15) is 34.6 Å². The Balaban J connectivity index is 1.79. The van der Waals surface area contributed by atoms with E-state index in [4.69, 9.17) is 9.47 Å². The number of carbonyl (C=O) groups is 2. The van der Waals surface area contributed by atoms with Crippen molar-refractivity contribution in [3.63, 3.8) is 0 Å². The van der Waals surface area contributed by atoms with Crippen LogP contribution in [0, 0.1) is 0 Å². The quantitative estimate of drug-likeness (QED) is 0.287. The fourth-order valence-electron chi connectivity index (χ4n) is 2.39. The molecule has 0 aliphatic heterocycles. The predicted molar refractivity (Wildman–Crippen MR) is 119 cm³/mol. The average Bonchev–Trinajstić information content (AvgIpc) is 2.81. The minimum absolute atomic E-state index is 0.334. The molecule has 0 spiro atoms. The van der Waals surface area contributed by atoms with Gasteiger partial charge in [-0.2, -0.15) is 0 Å². The first-order valence-electron chi connectivity index (χ1n) is 10.2. The second kappa shape index (κ2) is 12.8. The Morgan fingerprint density at radius 2 is 1.03 bits per heavy atom. The van der Waals surface area contributed by atoms with E-state index in [1.54, 1.807) is 86.5 Å². The van der Waals surface area contributed by atoms with Gasteiger partial charge in [0.2, 0.25) is 0 Å². The van der Waals surface area contributed by atoms with Crippen LogP contribution in [0.15, 0.2) is 69.2 Å². The molecule has 2 aromatic rings. The summed E-state index contributed by atoms with van der Waals surface area (Å²) in [6.45, 7) is 5.34. The summed E-state index contributed by atoms with van der Waals surface area (Å²) in [5.74, 6) is -0.722. The molecule has 2 rings (SSSR count). The molecule has 10 heteroatoms. The van der Waals surface area contributed by atoms with E-state index in [0.29, 0.717) is 48.8 Å². The van der Waals surface area contributed by atoms with Crippen LogP contribution < -0.4 is 0 Å². The fourth-order valence-corrected chi connectivity index (χ4v) is 2.39. The topological polar surface area (TPSA) is 109 Å². The summed E-state index contributed by atoms with van der Waals surface area (Å²) in [6.07, 6.45) is 0. The maximum atomic E-state index is 11.7. The first-order valence-corrected chi connectivity index (χ1v) is 10.2. The van der Waals surface area contributed by atoms with Gasteiger partial charge in [-0.3, -0.25) is 10.0 Å². The lowest BCUT2D eigenvalue weighted by Crippen LogP contribution is -2.24. The summed E-state index contributed by atoms with van der Waals surface area (Å²) >= 11 is 0. The van der Waals surface area contributed by atoms with Gasteiger partial charge < -0.3 is 9.47 Å².